The third-order valence-electron chi connectivity index (χ3n) is 5.08. The molecular formula is C21H21ClN2O2. The number of amides is 2. The Morgan fingerprint density at radius 3 is 2.46 bits per heavy atom. The number of hydrogen-bond acceptors (Lipinski definition) is 2. The monoisotopic (exact) mass is 368 g/mol. The van der Waals surface area contributed by atoms with Crippen molar-refractivity contribution in [3.63, 3.8) is 0 Å². The normalized spacial score (nSPS) is 19.7. The first-order valence-corrected chi connectivity index (χ1v) is 9.40. The molecule has 0 bridgehead atoms. The molecule has 134 valence electrons. The molecule has 4 rings (SSSR count). The second-order valence-corrected chi connectivity index (χ2v) is 7.45. The van der Waals surface area contributed by atoms with Gasteiger partial charge in [-0.15, -0.1) is 0 Å². The lowest BCUT2D eigenvalue weighted by Crippen LogP contribution is -2.38. The summed E-state index contributed by atoms with van der Waals surface area (Å²) in [6.07, 6.45) is 2.35. The van der Waals surface area contributed by atoms with E-state index in [1.807, 2.05) is 53.4 Å². The van der Waals surface area contributed by atoms with Gasteiger partial charge in [0.05, 0.1) is 16.6 Å². The van der Waals surface area contributed by atoms with E-state index in [2.05, 4.69) is 0 Å². The lowest BCUT2D eigenvalue weighted by molar-refractivity contribution is -0.137. The molecule has 1 heterocycles. The van der Waals surface area contributed by atoms with Gasteiger partial charge in [0.2, 0.25) is 11.8 Å². The fourth-order valence-corrected chi connectivity index (χ4v) is 3.80. The second kappa shape index (κ2) is 7.12. The maximum absolute atomic E-state index is 13.2. The van der Waals surface area contributed by atoms with Gasteiger partial charge >= 0.3 is 0 Å². The molecule has 1 aliphatic carbocycles. The van der Waals surface area contributed by atoms with Crippen LogP contribution < -0.4 is 4.90 Å². The molecule has 1 unspecified atom stereocenters. The zero-order valence-electron chi connectivity index (χ0n) is 14.5. The van der Waals surface area contributed by atoms with Crippen molar-refractivity contribution in [3.8, 4) is 0 Å². The fraction of sp³-hybridized carbons (Fsp3) is 0.333. The largest absolute Gasteiger partial charge is 0.335 e. The van der Waals surface area contributed by atoms with Crippen LogP contribution in [-0.2, 0) is 16.1 Å². The Balaban J connectivity index is 1.50. The van der Waals surface area contributed by atoms with Crippen molar-refractivity contribution >= 4 is 29.1 Å². The highest BCUT2D eigenvalue weighted by Crippen LogP contribution is 2.34. The molecule has 2 aromatic rings. The van der Waals surface area contributed by atoms with E-state index in [1.165, 1.54) is 0 Å². The summed E-state index contributed by atoms with van der Waals surface area (Å²) in [7, 11) is 0. The highest BCUT2D eigenvalue weighted by Gasteiger charge is 2.41. The number of halogens is 1. The van der Waals surface area contributed by atoms with Gasteiger partial charge in [-0.1, -0.05) is 54.1 Å². The smallest absolute Gasteiger partial charge is 0.228 e. The van der Waals surface area contributed by atoms with Gasteiger partial charge in [-0.05, 0) is 30.5 Å². The van der Waals surface area contributed by atoms with Gasteiger partial charge in [0.1, 0.15) is 0 Å². The summed E-state index contributed by atoms with van der Waals surface area (Å²) >= 11 is 6.24. The van der Waals surface area contributed by atoms with Crippen molar-refractivity contribution in [3.05, 3.63) is 65.2 Å². The number of carbonyl (C=O) groups is 2. The maximum Gasteiger partial charge on any atom is 0.228 e. The lowest BCUT2D eigenvalue weighted by Gasteiger charge is -2.26. The molecule has 4 nitrogen and oxygen atoms in total. The third-order valence-corrected chi connectivity index (χ3v) is 5.40. The van der Waals surface area contributed by atoms with Crippen LogP contribution in [0, 0.1) is 5.92 Å². The third kappa shape index (κ3) is 3.47. The van der Waals surface area contributed by atoms with E-state index in [0.717, 1.165) is 18.4 Å². The Hall–Kier alpha value is -2.33. The summed E-state index contributed by atoms with van der Waals surface area (Å²) in [6.45, 7) is 1.01. The van der Waals surface area contributed by atoms with Gasteiger partial charge < -0.3 is 9.80 Å². The van der Waals surface area contributed by atoms with Gasteiger partial charge in [0.25, 0.3) is 0 Å². The molecule has 0 spiro atoms. The molecule has 2 fully saturated rings. The predicted molar refractivity (Wildman–Crippen MR) is 102 cm³/mol. The molecule has 0 aromatic heterocycles. The molecule has 1 saturated carbocycles. The molecule has 26 heavy (non-hydrogen) atoms. The molecular weight excluding hydrogens is 348 g/mol. The van der Waals surface area contributed by atoms with Crippen molar-refractivity contribution < 1.29 is 9.59 Å². The lowest BCUT2D eigenvalue weighted by atomic mass is 10.1. The maximum atomic E-state index is 13.2. The van der Waals surface area contributed by atoms with Crippen LogP contribution >= 0.6 is 11.6 Å². The number of anilines is 1. The summed E-state index contributed by atoms with van der Waals surface area (Å²) in [4.78, 5) is 29.3. The van der Waals surface area contributed by atoms with Crippen LogP contribution in [0.4, 0.5) is 5.69 Å². The summed E-state index contributed by atoms with van der Waals surface area (Å²) < 4.78 is 0. The van der Waals surface area contributed by atoms with Crippen molar-refractivity contribution in [1.29, 1.82) is 0 Å². The predicted octanol–water partition coefficient (Wildman–Crippen LogP) is 3.88. The molecule has 1 aliphatic heterocycles. The number of benzene rings is 2. The Labute approximate surface area is 158 Å². The Bertz CT molecular complexity index is 820. The zero-order chi connectivity index (χ0) is 18.1. The van der Waals surface area contributed by atoms with Gasteiger partial charge in [-0.2, -0.15) is 0 Å². The van der Waals surface area contributed by atoms with Crippen LogP contribution in [-0.4, -0.2) is 29.3 Å². The second-order valence-electron chi connectivity index (χ2n) is 7.04. The molecule has 0 radical (unpaired) electrons. The minimum atomic E-state index is -0.303. The molecule has 5 heteroatoms. The van der Waals surface area contributed by atoms with E-state index in [9.17, 15) is 9.59 Å². The highest BCUT2D eigenvalue weighted by molar-refractivity contribution is 6.33. The van der Waals surface area contributed by atoms with Gasteiger partial charge in [0.15, 0.2) is 0 Å². The Morgan fingerprint density at radius 1 is 1.08 bits per heavy atom. The van der Waals surface area contributed by atoms with Crippen LogP contribution in [0.2, 0.25) is 5.02 Å². The molecule has 2 amide bonds. The first-order valence-electron chi connectivity index (χ1n) is 9.03. The van der Waals surface area contributed by atoms with Gasteiger partial charge in [-0.25, -0.2) is 0 Å². The van der Waals surface area contributed by atoms with Gasteiger partial charge in [0, 0.05) is 25.6 Å². The number of hydrogen-bond donors (Lipinski definition) is 0. The standard InChI is InChI=1S/C21H21ClN2O2/c22-18-8-4-5-9-19(18)24-14-16(12-20(24)25)21(26)23(17-10-11-17)13-15-6-2-1-3-7-15/h1-9,16-17H,10-14H2. The van der Waals surface area contributed by atoms with E-state index < -0.39 is 0 Å². The van der Waals surface area contributed by atoms with Crippen LogP contribution in [0.5, 0.6) is 0 Å². The Morgan fingerprint density at radius 2 is 1.77 bits per heavy atom. The molecule has 1 saturated heterocycles. The fourth-order valence-electron chi connectivity index (χ4n) is 3.56. The van der Waals surface area contributed by atoms with E-state index in [4.69, 9.17) is 11.6 Å². The molecule has 2 aliphatic rings. The summed E-state index contributed by atoms with van der Waals surface area (Å²) in [5.74, 6) is -0.255. The van der Waals surface area contributed by atoms with Crippen molar-refractivity contribution in [1.82, 2.24) is 4.90 Å². The molecule has 1 atom stereocenters. The topological polar surface area (TPSA) is 40.6 Å². The summed E-state index contributed by atoms with van der Waals surface area (Å²) in [5, 5.41) is 0.539. The minimum Gasteiger partial charge on any atom is -0.335 e. The minimum absolute atomic E-state index is 0.0353. The van der Waals surface area contributed by atoms with Crippen LogP contribution in [0.15, 0.2) is 54.6 Å². The van der Waals surface area contributed by atoms with E-state index in [-0.39, 0.29) is 24.2 Å². The van der Waals surface area contributed by atoms with Crippen LogP contribution in [0.3, 0.4) is 0 Å². The molecule has 2 aromatic carbocycles. The number of rotatable bonds is 5. The van der Waals surface area contributed by atoms with Crippen molar-refractivity contribution in [2.45, 2.75) is 31.8 Å². The SMILES string of the molecule is O=C1CC(C(=O)N(Cc2ccccc2)C2CC2)CN1c1ccccc1Cl. The highest BCUT2D eigenvalue weighted by atomic mass is 35.5. The van der Waals surface area contributed by atoms with E-state index in [0.29, 0.717) is 29.8 Å². The number of nitrogens with zero attached hydrogens (tertiary/aromatic N) is 2. The van der Waals surface area contributed by atoms with Crippen molar-refractivity contribution in [2.75, 3.05) is 11.4 Å². The quantitative estimate of drug-likeness (QED) is 0.803. The Kier molecular flexibility index (Phi) is 4.68. The van der Waals surface area contributed by atoms with E-state index in [1.54, 1.807) is 11.0 Å². The number of para-hydroxylation sites is 1. The summed E-state index contributed by atoms with van der Waals surface area (Å²) in [5.41, 5.74) is 1.82. The van der Waals surface area contributed by atoms with Crippen LogP contribution in [0.25, 0.3) is 0 Å². The first kappa shape index (κ1) is 17.1. The first-order chi connectivity index (χ1) is 12.6. The van der Waals surface area contributed by atoms with Crippen LogP contribution in [0.1, 0.15) is 24.8 Å². The number of carbonyl (C=O) groups excluding carboxylic acids is 2. The van der Waals surface area contributed by atoms with Crippen molar-refractivity contribution in [2.24, 2.45) is 5.92 Å². The average molecular weight is 369 g/mol. The summed E-state index contributed by atoms with van der Waals surface area (Å²) in [6, 6.07) is 17.6. The average Bonchev–Trinajstić information content (AvgIpc) is 3.42. The van der Waals surface area contributed by atoms with E-state index >= 15 is 0 Å². The molecule has 0 N–H and O–H groups in total. The zero-order valence-corrected chi connectivity index (χ0v) is 15.2. The van der Waals surface area contributed by atoms with Gasteiger partial charge in [-0.3, -0.25) is 9.59 Å².